The predicted octanol–water partition coefficient (Wildman–Crippen LogP) is 5.94. The Bertz CT molecular complexity index is 1330. The van der Waals surface area contributed by atoms with Gasteiger partial charge in [-0.2, -0.15) is 5.10 Å². The average Bonchev–Trinajstić information content (AvgIpc) is 3.44. The van der Waals surface area contributed by atoms with Crippen LogP contribution in [0.2, 0.25) is 0 Å². The highest BCUT2D eigenvalue weighted by Crippen LogP contribution is 2.19. The van der Waals surface area contributed by atoms with E-state index in [1.54, 1.807) is 6.92 Å². The summed E-state index contributed by atoms with van der Waals surface area (Å²) in [5, 5.41) is 8.63. The summed E-state index contributed by atoms with van der Waals surface area (Å²) < 4.78 is 12.8. The van der Waals surface area contributed by atoms with Gasteiger partial charge in [-0.3, -0.25) is 4.79 Å². The molecular formula is C31H33N3O4. The highest BCUT2D eigenvalue weighted by Gasteiger charge is 2.23. The molecule has 0 radical (unpaired) electrons. The quantitative estimate of drug-likeness (QED) is 0.134. The van der Waals surface area contributed by atoms with Crippen molar-refractivity contribution in [2.75, 3.05) is 7.11 Å². The number of nitrogens with zero attached hydrogens (tertiary/aromatic N) is 3. The van der Waals surface area contributed by atoms with Crippen LogP contribution in [-0.2, 0) is 40.4 Å². The summed E-state index contributed by atoms with van der Waals surface area (Å²) in [6.45, 7) is 4.66. The van der Waals surface area contributed by atoms with Gasteiger partial charge in [0, 0.05) is 11.8 Å². The van der Waals surface area contributed by atoms with E-state index in [-0.39, 0.29) is 5.97 Å². The lowest BCUT2D eigenvalue weighted by atomic mass is 9.95. The number of carbonyl (C=O) groups excluding carboxylic acids is 1. The molecule has 196 valence electrons. The molecule has 0 aliphatic heterocycles. The third kappa shape index (κ3) is 7.32. The van der Waals surface area contributed by atoms with Crippen molar-refractivity contribution in [1.29, 1.82) is 0 Å². The average molecular weight is 512 g/mol. The summed E-state index contributed by atoms with van der Waals surface area (Å²) in [6.07, 6.45) is 5.24. The van der Waals surface area contributed by atoms with Crippen molar-refractivity contribution in [3.05, 3.63) is 114 Å². The van der Waals surface area contributed by atoms with E-state index in [9.17, 15) is 4.79 Å². The summed E-state index contributed by atoms with van der Waals surface area (Å²) in [4.78, 5) is 17.9. The maximum absolute atomic E-state index is 12.5. The van der Waals surface area contributed by atoms with Gasteiger partial charge < -0.3 is 14.3 Å². The summed E-state index contributed by atoms with van der Waals surface area (Å²) in [5.41, 5.74) is 5.82. The first kappa shape index (κ1) is 26.7. The summed E-state index contributed by atoms with van der Waals surface area (Å²) in [6, 6.07) is 25.8. The van der Waals surface area contributed by atoms with Gasteiger partial charge in [0.15, 0.2) is 0 Å². The number of aryl methyl sites for hydroxylation is 1. The number of carbonyl (C=O) groups is 1. The van der Waals surface area contributed by atoms with Crippen LogP contribution in [0.3, 0.4) is 0 Å². The first-order chi connectivity index (χ1) is 18.6. The molecule has 7 heteroatoms. The molecule has 3 aromatic carbocycles. The fourth-order valence-corrected chi connectivity index (χ4v) is 3.97. The third-order valence-corrected chi connectivity index (χ3v) is 6.29. The first-order valence-corrected chi connectivity index (χ1v) is 12.7. The zero-order valence-electron chi connectivity index (χ0n) is 22.0. The molecule has 1 heterocycles. The number of methoxy groups -OCH3 is 1. The second-order valence-corrected chi connectivity index (χ2v) is 9.02. The van der Waals surface area contributed by atoms with Gasteiger partial charge in [0.05, 0.1) is 24.7 Å². The van der Waals surface area contributed by atoms with E-state index < -0.39 is 5.92 Å². The Balaban J connectivity index is 1.32. The number of rotatable bonds is 12. The van der Waals surface area contributed by atoms with E-state index in [4.69, 9.17) is 14.3 Å². The SMILES string of the molecule is CCc1ccc(-n2cc(COc3ccc(CC(C(=O)OC)/C(C)=N/OCc4ccccc4)cc3)cn2)cc1. The molecule has 0 fully saturated rings. The topological polar surface area (TPSA) is 74.9 Å². The number of esters is 1. The van der Waals surface area contributed by atoms with E-state index in [1.165, 1.54) is 12.7 Å². The largest absolute Gasteiger partial charge is 0.489 e. The first-order valence-electron chi connectivity index (χ1n) is 12.7. The van der Waals surface area contributed by atoms with Crippen LogP contribution in [0.15, 0.2) is 96.4 Å². The van der Waals surface area contributed by atoms with Gasteiger partial charge in [0.2, 0.25) is 0 Å². The number of oxime groups is 1. The number of hydrogen-bond acceptors (Lipinski definition) is 6. The Morgan fingerprint density at radius 1 is 0.895 bits per heavy atom. The molecule has 0 saturated heterocycles. The van der Waals surface area contributed by atoms with Crippen molar-refractivity contribution in [1.82, 2.24) is 9.78 Å². The van der Waals surface area contributed by atoms with Crippen LogP contribution in [0.1, 0.15) is 36.1 Å². The van der Waals surface area contributed by atoms with Gasteiger partial charge >= 0.3 is 5.97 Å². The molecule has 0 bridgehead atoms. The lowest BCUT2D eigenvalue weighted by Gasteiger charge is -2.15. The molecule has 0 aliphatic rings. The maximum atomic E-state index is 12.5. The van der Waals surface area contributed by atoms with E-state index in [0.29, 0.717) is 25.3 Å². The van der Waals surface area contributed by atoms with E-state index >= 15 is 0 Å². The molecule has 0 aliphatic carbocycles. The van der Waals surface area contributed by atoms with Crippen molar-refractivity contribution in [2.24, 2.45) is 11.1 Å². The van der Waals surface area contributed by atoms with Crippen LogP contribution in [-0.4, -0.2) is 28.6 Å². The molecule has 0 saturated carbocycles. The van der Waals surface area contributed by atoms with Gasteiger partial charge in [-0.15, -0.1) is 0 Å². The van der Waals surface area contributed by atoms with Crippen LogP contribution < -0.4 is 4.74 Å². The highest BCUT2D eigenvalue weighted by molar-refractivity contribution is 6.00. The van der Waals surface area contributed by atoms with Crippen LogP contribution in [0, 0.1) is 5.92 Å². The second-order valence-electron chi connectivity index (χ2n) is 9.02. The number of ether oxygens (including phenoxy) is 2. The molecule has 0 spiro atoms. The van der Waals surface area contributed by atoms with Crippen molar-refractivity contribution < 1.29 is 19.1 Å². The molecule has 7 nitrogen and oxygen atoms in total. The minimum Gasteiger partial charge on any atom is -0.489 e. The van der Waals surface area contributed by atoms with Crippen molar-refractivity contribution >= 4 is 11.7 Å². The monoisotopic (exact) mass is 511 g/mol. The zero-order chi connectivity index (χ0) is 26.7. The molecule has 38 heavy (non-hydrogen) atoms. The van der Waals surface area contributed by atoms with E-state index in [2.05, 4.69) is 41.4 Å². The molecule has 0 N–H and O–H groups in total. The van der Waals surface area contributed by atoms with Crippen LogP contribution in [0.4, 0.5) is 0 Å². The van der Waals surface area contributed by atoms with Gasteiger partial charge in [-0.05, 0) is 60.7 Å². The van der Waals surface area contributed by atoms with Crippen molar-refractivity contribution in [2.45, 2.75) is 39.9 Å². The fourth-order valence-electron chi connectivity index (χ4n) is 3.97. The maximum Gasteiger partial charge on any atom is 0.314 e. The molecular weight excluding hydrogens is 478 g/mol. The molecule has 1 aromatic heterocycles. The Labute approximate surface area is 223 Å². The smallest absolute Gasteiger partial charge is 0.314 e. The summed E-state index contributed by atoms with van der Waals surface area (Å²) in [7, 11) is 1.38. The lowest BCUT2D eigenvalue weighted by molar-refractivity contribution is -0.143. The van der Waals surface area contributed by atoms with Crippen molar-refractivity contribution in [3.63, 3.8) is 0 Å². The predicted molar refractivity (Wildman–Crippen MR) is 147 cm³/mol. The second kappa shape index (κ2) is 13.2. The fraction of sp³-hybridized carbons (Fsp3) is 0.258. The Hall–Kier alpha value is -4.39. The lowest BCUT2D eigenvalue weighted by Crippen LogP contribution is -2.26. The van der Waals surface area contributed by atoms with Gasteiger partial charge in [0.1, 0.15) is 24.9 Å². The summed E-state index contributed by atoms with van der Waals surface area (Å²) in [5.74, 6) is -0.156. The Kier molecular flexibility index (Phi) is 9.29. The van der Waals surface area contributed by atoms with Gasteiger partial charge in [0.25, 0.3) is 0 Å². The van der Waals surface area contributed by atoms with Crippen LogP contribution >= 0.6 is 0 Å². The number of aromatic nitrogens is 2. The number of benzene rings is 3. The summed E-state index contributed by atoms with van der Waals surface area (Å²) >= 11 is 0. The Morgan fingerprint density at radius 2 is 1.61 bits per heavy atom. The minimum absolute atomic E-state index is 0.335. The molecule has 4 aromatic rings. The van der Waals surface area contributed by atoms with Crippen molar-refractivity contribution in [3.8, 4) is 11.4 Å². The van der Waals surface area contributed by atoms with Gasteiger partial charge in [-0.1, -0.05) is 66.7 Å². The van der Waals surface area contributed by atoms with E-state index in [0.717, 1.165) is 34.5 Å². The Morgan fingerprint density at radius 3 is 2.29 bits per heavy atom. The number of hydrogen-bond donors (Lipinski definition) is 0. The molecule has 4 rings (SSSR count). The highest BCUT2D eigenvalue weighted by atomic mass is 16.6. The minimum atomic E-state index is -0.542. The molecule has 1 atom stereocenters. The standard InChI is InChI=1S/C31H33N3O4/c1-4-24-10-14-28(15-11-24)34-20-27(19-32-34)21-37-29-16-12-25(13-17-29)18-30(31(35)36-3)23(2)33-38-22-26-8-6-5-7-9-26/h5-17,19-20,30H,4,18,21-22H2,1-3H3/b33-23+. The zero-order valence-corrected chi connectivity index (χ0v) is 22.0. The van der Waals surface area contributed by atoms with Crippen LogP contribution in [0.5, 0.6) is 5.75 Å². The van der Waals surface area contributed by atoms with Crippen LogP contribution in [0.25, 0.3) is 5.69 Å². The molecule has 1 unspecified atom stereocenters. The normalized spacial score (nSPS) is 12.1. The van der Waals surface area contributed by atoms with Gasteiger partial charge in [-0.25, -0.2) is 4.68 Å². The van der Waals surface area contributed by atoms with E-state index in [1.807, 2.05) is 71.7 Å². The molecule has 0 amide bonds. The third-order valence-electron chi connectivity index (χ3n) is 6.29.